The molecule has 0 aromatic carbocycles. The smallest absolute Gasteiger partial charge is 0.0612 e. The third-order valence-corrected chi connectivity index (χ3v) is 1.26. The largest absolute Gasteiger partial charge is 0.392 e. The molecule has 0 saturated heterocycles. The molecular formula is C11H16O. The molecule has 1 heteroatoms. The molecule has 0 aromatic heterocycles. The van der Waals surface area contributed by atoms with Crippen LogP contribution >= 0.6 is 0 Å². The van der Waals surface area contributed by atoms with E-state index in [2.05, 4.69) is 18.7 Å². The van der Waals surface area contributed by atoms with Crippen LogP contribution in [0.4, 0.5) is 0 Å². The van der Waals surface area contributed by atoms with Gasteiger partial charge in [-0.2, -0.15) is 0 Å². The molecule has 0 aliphatic heterocycles. The fraction of sp³-hybridized carbons (Fsp3) is 0.273. The minimum atomic E-state index is 0.129. The van der Waals surface area contributed by atoms with E-state index in [1.54, 1.807) is 12.2 Å². The maximum atomic E-state index is 8.41. The Bertz CT molecular complexity index is 175. The Morgan fingerprint density at radius 2 is 1.50 bits per heavy atom. The Morgan fingerprint density at radius 3 is 2.08 bits per heavy atom. The van der Waals surface area contributed by atoms with E-state index in [1.165, 1.54) is 0 Å². The molecule has 0 aliphatic carbocycles. The molecule has 0 rings (SSSR count). The van der Waals surface area contributed by atoms with Crippen LogP contribution in [0.15, 0.2) is 49.1 Å². The topological polar surface area (TPSA) is 20.2 Å². The van der Waals surface area contributed by atoms with Gasteiger partial charge < -0.3 is 5.11 Å². The molecule has 0 amide bonds. The summed E-state index contributed by atoms with van der Waals surface area (Å²) in [5.41, 5.74) is 0. The number of allylic oxidation sites excluding steroid dienone is 6. The van der Waals surface area contributed by atoms with Crippen LogP contribution in [0.2, 0.25) is 0 Å². The van der Waals surface area contributed by atoms with Crippen molar-refractivity contribution in [3.05, 3.63) is 49.1 Å². The van der Waals surface area contributed by atoms with Crippen LogP contribution in [0.25, 0.3) is 0 Å². The highest BCUT2D eigenvalue weighted by Crippen LogP contribution is 1.90. The van der Waals surface area contributed by atoms with Crippen molar-refractivity contribution in [3.63, 3.8) is 0 Å². The summed E-state index contributed by atoms with van der Waals surface area (Å²) in [6.45, 7) is 3.70. The predicted molar refractivity (Wildman–Crippen MR) is 53.9 cm³/mol. The zero-order valence-corrected chi connectivity index (χ0v) is 7.32. The van der Waals surface area contributed by atoms with Gasteiger partial charge in [-0.25, -0.2) is 0 Å². The third-order valence-electron chi connectivity index (χ3n) is 1.26. The molecule has 0 heterocycles. The van der Waals surface area contributed by atoms with Crippen LogP contribution in [0.1, 0.15) is 12.8 Å². The zero-order valence-electron chi connectivity index (χ0n) is 7.32. The summed E-state index contributed by atoms with van der Waals surface area (Å²) >= 11 is 0. The van der Waals surface area contributed by atoms with Gasteiger partial charge in [-0.05, 0) is 12.8 Å². The van der Waals surface area contributed by atoms with Gasteiger partial charge in [0.2, 0.25) is 0 Å². The van der Waals surface area contributed by atoms with Gasteiger partial charge >= 0.3 is 0 Å². The summed E-state index contributed by atoms with van der Waals surface area (Å²) in [7, 11) is 0. The highest BCUT2D eigenvalue weighted by molar-refractivity contribution is 5.02. The van der Waals surface area contributed by atoms with Crippen molar-refractivity contribution in [1.29, 1.82) is 0 Å². The highest BCUT2D eigenvalue weighted by atomic mass is 16.2. The summed E-state index contributed by atoms with van der Waals surface area (Å²) < 4.78 is 0. The van der Waals surface area contributed by atoms with Gasteiger partial charge in [-0.1, -0.05) is 49.1 Å². The summed E-state index contributed by atoms with van der Waals surface area (Å²) in [4.78, 5) is 0. The normalized spacial score (nSPS) is 12.1. The molecule has 0 atom stereocenters. The lowest BCUT2D eigenvalue weighted by Crippen LogP contribution is -1.69. The Labute approximate surface area is 74.4 Å². The first-order valence-corrected chi connectivity index (χ1v) is 4.10. The van der Waals surface area contributed by atoms with E-state index in [0.29, 0.717) is 0 Å². The first-order chi connectivity index (χ1) is 5.91. The molecule has 0 bridgehead atoms. The Kier molecular flexibility index (Phi) is 9.03. The highest BCUT2D eigenvalue weighted by Gasteiger charge is 1.71. The maximum absolute atomic E-state index is 8.41. The van der Waals surface area contributed by atoms with Crippen LogP contribution in [0.3, 0.4) is 0 Å². The van der Waals surface area contributed by atoms with Crippen LogP contribution in [-0.2, 0) is 0 Å². The lowest BCUT2D eigenvalue weighted by atomic mass is 10.3. The second-order valence-electron chi connectivity index (χ2n) is 2.26. The Morgan fingerprint density at radius 1 is 0.917 bits per heavy atom. The third kappa shape index (κ3) is 8.92. The van der Waals surface area contributed by atoms with Gasteiger partial charge in [0.1, 0.15) is 0 Å². The van der Waals surface area contributed by atoms with Gasteiger partial charge in [0.05, 0.1) is 6.61 Å². The molecule has 12 heavy (non-hydrogen) atoms. The van der Waals surface area contributed by atoms with E-state index in [-0.39, 0.29) is 6.61 Å². The van der Waals surface area contributed by atoms with Gasteiger partial charge in [-0.15, -0.1) is 0 Å². The fourth-order valence-electron chi connectivity index (χ4n) is 0.695. The molecule has 1 nitrogen and oxygen atoms in total. The second kappa shape index (κ2) is 9.92. The van der Waals surface area contributed by atoms with E-state index in [4.69, 9.17) is 5.11 Å². The van der Waals surface area contributed by atoms with Gasteiger partial charge in [0.15, 0.2) is 0 Å². The molecule has 0 radical (unpaired) electrons. The van der Waals surface area contributed by atoms with Crippen LogP contribution in [0, 0.1) is 0 Å². The molecule has 0 saturated carbocycles. The number of aliphatic hydroxyl groups excluding tert-OH is 1. The van der Waals surface area contributed by atoms with Crippen molar-refractivity contribution < 1.29 is 5.11 Å². The minimum absolute atomic E-state index is 0.129. The summed E-state index contributed by atoms with van der Waals surface area (Å²) in [6.07, 6.45) is 15.4. The summed E-state index contributed by atoms with van der Waals surface area (Å²) in [5, 5.41) is 8.41. The Hall–Kier alpha value is -1.08. The standard InChI is InChI=1S/C11H16O/c1-2-3-4-5-6-7-8-9-10-11-12/h2-4,6-7,9-10,12H,1,5,8,11H2/b4-3-,7-6-,10-9-. The van der Waals surface area contributed by atoms with E-state index < -0.39 is 0 Å². The van der Waals surface area contributed by atoms with Crippen molar-refractivity contribution in [3.8, 4) is 0 Å². The van der Waals surface area contributed by atoms with E-state index >= 15 is 0 Å². The van der Waals surface area contributed by atoms with Crippen molar-refractivity contribution in [1.82, 2.24) is 0 Å². The van der Waals surface area contributed by atoms with Crippen LogP contribution in [0.5, 0.6) is 0 Å². The van der Waals surface area contributed by atoms with Gasteiger partial charge in [0.25, 0.3) is 0 Å². The second-order valence-corrected chi connectivity index (χ2v) is 2.26. The predicted octanol–water partition coefficient (Wildman–Crippen LogP) is 2.61. The molecule has 0 aromatic rings. The van der Waals surface area contributed by atoms with Crippen molar-refractivity contribution in [2.75, 3.05) is 6.61 Å². The Balaban J connectivity index is 3.31. The van der Waals surface area contributed by atoms with Crippen molar-refractivity contribution in [2.24, 2.45) is 0 Å². The maximum Gasteiger partial charge on any atom is 0.0612 e. The lowest BCUT2D eigenvalue weighted by molar-refractivity contribution is 0.342. The summed E-state index contributed by atoms with van der Waals surface area (Å²) in [5.74, 6) is 0. The monoisotopic (exact) mass is 164 g/mol. The van der Waals surface area contributed by atoms with Crippen LogP contribution in [-0.4, -0.2) is 11.7 Å². The average Bonchev–Trinajstić information content (AvgIpc) is 2.10. The van der Waals surface area contributed by atoms with E-state index in [0.717, 1.165) is 12.8 Å². The average molecular weight is 164 g/mol. The zero-order chi connectivity index (χ0) is 9.07. The van der Waals surface area contributed by atoms with Crippen LogP contribution < -0.4 is 0 Å². The van der Waals surface area contributed by atoms with Crippen molar-refractivity contribution in [2.45, 2.75) is 12.8 Å². The van der Waals surface area contributed by atoms with Crippen molar-refractivity contribution >= 4 is 0 Å². The van der Waals surface area contributed by atoms with E-state index in [1.807, 2.05) is 18.2 Å². The molecular weight excluding hydrogens is 148 g/mol. The number of hydrogen-bond acceptors (Lipinski definition) is 1. The molecule has 1 N–H and O–H groups in total. The number of rotatable bonds is 6. The SMILES string of the molecule is C=C/C=C\C/C=C\C/C=C\CO. The first-order valence-electron chi connectivity index (χ1n) is 4.10. The fourth-order valence-corrected chi connectivity index (χ4v) is 0.695. The molecule has 0 unspecified atom stereocenters. The van der Waals surface area contributed by atoms with E-state index in [9.17, 15) is 0 Å². The number of aliphatic hydroxyl groups is 1. The first kappa shape index (κ1) is 10.9. The molecule has 66 valence electrons. The molecule has 0 fully saturated rings. The van der Waals surface area contributed by atoms with Gasteiger partial charge in [0, 0.05) is 0 Å². The molecule has 0 spiro atoms. The van der Waals surface area contributed by atoms with Gasteiger partial charge in [-0.3, -0.25) is 0 Å². The molecule has 0 aliphatic rings. The quantitative estimate of drug-likeness (QED) is 0.472. The number of hydrogen-bond donors (Lipinski definition) is 1. The lowest BCUT2D eigenvalue weighted by Gasteiger charge is -1.81. The minimum Gasteiger partial charge on any atom is -0.392 e. The summed E-state index contributed by atoms with van der Waals surface area (Å²) in [6, 6.07) is 0.